The van der Waals surface area contributed by atoms with Gasteiger partial charge in [-0.3, -0.25) is 14.9 Å². The van der Waals surface area contributed by atoms with Gasteiger partial charge in [-0.1, -0.05) is 11.6 Å². The highest BCUT2D eigenvalue weighted by molar-refractivity contribution is 6.34. The van der Waals surface area contributed by atoms with Gasteiger partial charge < -0.3 is 10.1 Å². The Morgan fingerprint density at radius 1 is 1.30 bits per heavy atom. The molecule has 0 saturated carbocycles. The summed E-state index contributed by atoms with van der Waals surface area (Å²) in [5.74, 6) is 0.302. The lowest BCUT2D eigenvalue weighted by molar-refractivity contribution is -0.384. The maximum atomic E-state index is 12.3. The van der Waals surface area contributed by atoms with Crippen LogP contribution in [-0.2, 0) is 0 Å². The standard InChI is InChI=1S/C16H15ClN2O4/c1-3-23-15-7-4-11(8-10(15)2)16(20)18-14-9-12(19(21)22)5-6-13(14)17/h4-9H,3H2,1-2H3,(H,18,20). The number of benzene rings is 2. The van der Waals surface area contributed by atoms with Gasteiger partial charge in [0.1, 0.15) is 5.75 Å². The topological polar surface area (TPSA) is 81.5 Å². The van der Waals surface area contributed by atoms with Crippen LogP contribution in [0, 0.1) is 17.0 Å². The fourth-order valence-corrected chi connectivity index (χ4v) is 2.19. The average molecular weight is 335 g/mol. The molecule has 7 heteroatoms. The predicted octanol–water partition coefficient (Wildman–Crippen LogP) is 4.21. The van der Waals surface area contributed by atoms with E-state index in [2.05, 4.69) is 5.32 Å². The second-order valence-electron chi connectivity index (χ2n) is 4.79. The first-order valence-electron chi connectivity index (χ1n) is 6.91. The maximum Gasteiger partial charge on any atom is 0.271 e. The number of nitrogens with one attached hydrogen (secondary N) is 1. The molecule has 2 aromatic rings. The summed E-state index contributed by atoms with van der Waals surface area (Å²) in [7, 11) is 0. The van der Waals surface area contributed by atoms with Crippen LogP contribution < -0.4 is 10.1 Å². The van der Waals surface area contributed by atoms with E-state index in [0.717, 1.165) is 5.56 Å². The Labute approximate surface area is 138 Å². The van der Waals surface area contributed by atoms with E-state index in [1.807, 2.05) is 13.8 Å². The number of anilines is 1. The zero-order valence-electron chi connectivity index (χ0n) is 12.6. The number of hydrogen-bond donors (Lipinski definition) is 1. The van der Waals surface area contributed by atoms with Crippen molar-refractivity contribution in [1.29, 1.82) is 0 Å². The zero-order chi connectivity index (χ0) is 17.0. The smallest absolute Gasteiger partial charge is 0.271 e. The Morgan fingerprint density at radius 2 is 2.04 bits per heavy atom. The van der Waals surface area contributed by atoms with Gasteiger partial charge in [-0.15, -0.1) is 0 Å². The molecule has 1 N–H and O–H groups in total. The van der Waals surface area contributed by atoms with Gasteiger partial charge >= 0.3 is 0 Å². The van der Waals surface area contributed by atoms with E-state index < -0.39 is 10.8 Å². The van der Waals surface area contributed by atoms with Crippen molar-refractivity contribution >= 4 is 28.9 Å². The second-order valence-corrected chi connectivity index (χ2v) is 5.20. The lowest BCUT2D eigenvalue weighted by atomic mass is 10.1. The summed E-state index contributed by atoms with van der Waals surface area (Å²) in [6.45, 7) is 4.25. The molecule has 1 amide bonds. The van der Waals surface area contributed by atoms with Gasteiger partial charge in [0.25, 0.3) is 11.6 Å². The van der Waals surface area contributed by atoms with Crippen molar-refractivity contribution < 1.29 is 14.5 Å². The molecule has 0 saturated heterocycles. The average Bonchev–Trinajstić information content (AvgIpc) is 2.51. The van der Waals surface area contributed by atoms with Crippen LogP contribution in [0.25, 0.3) is 0 Å². The molecule has 0 spiro atoms. The third-order valence-corrected chi connectivity index (χ3v) is 3.48. The largest absolute Gasteiger partial charge is 0.494 e. The van der Waals surface area contributed by atoms with Crippen molar-refractivity contribution in [3.05, 3.63) is 62.7 Å². The Morgan fingerprint density at radius 3 is 2.65 bits per heavy atom. The van der Waals surface area contributed by atoms with Gasteiger partial charge in [-0.2, -0.15) is 0 Å². The SMILES string of the molecule is CCOc1ccc(C(=O)Nc2cc([N+](=O)[O-])ccc2Cl)cc1C. The number of amides is 1. The summed E-state index contributed by atoms with van der Waals surface area (Å²) in [5, 5.41) is 13.6. The first-order valence-corrected chi connectivity index (χ1v) is 7.29. The minimum Gasteiger partial charge on any atom is -0.494 e. The number of rotatable bonds is 5. The predicted molar refractivity (Wildman–Crippen MR) is 88.4 cm³/mol. The molecule has 0 aromatic heterocycles. The summed E-state index contributed by atoms with van der Waals surface area (Å²) >= 11 is 5.97. The Kier molecular flexibility index (Phi) is 5.18. The van der Waals surface area contributed by atoms with E-state index in [0.29, 0.717) is 17.9 Å². The van der Waals surface area contributed by atoms with Crippen LogP contribution in [0.4, 0.5) is 11.4 Å². The third-order valence-electron chi connectivity index (χ3n) is 3.15. The van der Waals surface area contributed by atoms with E-state index in [4.69, 9.17) is 16.3 Å². The van der Waals surface area contributed by atoms with Gasteiger partial charge in [0.15, 0.2) is 0 Å². The summed E-state index contributed by atoms with van der Waals surface area (Å²) in [6.07, 6.45) is 0. The highest BCUT2D eigenvalue weighted by atomic mass is 35.5. The van der Waals surface area contributed by atoms with Gasteiger partial charge in [-0.05, 0) is 43.7 Å². The number of carbonyl (C=O) groups excluding carboxylic acids is 1. The quantitative estimate of drug-likeness (QED) is 0.656. The number of halogens is 1. The minimum atomic E-state index is -0.549. The van der Waals surface area contributed by atoms with Gasteiger partial charge in [-0.25, -0.2) is 0 Å². The summed E-state index contributed by atoms with van der Waals surface area (Å²) in [4.78, 5) is 22.5. The molecule has 0 atom stereocenters. The highest BCUT2D eigenvalue weighted by Crippen LogP contribution is 2.27. The molecule has 0 aliphatic carbocycles. The maximum absolute atomic E-state index is 12.3. The van der Waals surface area contributed by atoms with Crippen molar-refractivity contribution in [3.63, 3.8) is 0 Å². The molecule has 0 bridgehead atoms. The molecular weight excluding hydrogens is 320 g/mol. The first-order chi connectivity index (χ1) is 10.9. The molecule has 2 rings (SSSR count). The number of nitro benzene ring substituents is 1. The first kappa shape index (κ1) is 16.8. The number of non-ortho nitro benzene ring substituents is 1. The highest BCUT2D eigenvalue weighted by Gasteiger charge is 2.14. The fraction of sp³-hybridized carbons (Fsp3) is 0.188. The number of nitrogens with zero attached hydrogens (tertiary/aromatic N) is 1. The Bertz CT molecular complexity index is 762. The molecule has 0 aliphatic heterocycles. The molecule has 0 fully saturated rings. The second kappa shape index (κ2) is 7.11. The summed E-state index contributed by atoms with van der Waals surface area (Å²) < 4.78 is 5.42. The molecule has 2 aromatic carbocycles. The van der Waals surface area contributed by atoms with Crippen molar-refractivity contribution in [3.8, 4) is 5.75 Å². The molecule has 120 valence electrons. The molecule has 0 aliphatic rings. The normalized spacial score (nSPS) is 10.2. The van der Waals surface area contributed by atoms with Crippen molar-refractivity contribution in [2.75, 3.05) is 11.9 Å². The Hall–Kier alpha value is -2.60. The third kappa shape index (κ3) is 3.98. The molecule has 0 heterocycles. The van der Waals surface area contributed by atoms with Crippen LogP contribution in [0.15, 0.2) is 36.4 Å². The summed E-state index contributed by atoms with van der Waals surface area (Å²) in [6, 6.07) is 8.90. The van der Waals surface area contributed by atoms with Crippen LogP contribution in [-0.4, -0.2) is 17.4 Å². The summed E-state index contributed by atoms with van der Waals surface area (Å²) in [5.41, 5.74) is 1.28. The van der Waals surface area contributed by atoms with Crippen LogP contribution in [0.3, 0.4) is 0 Å². The van der Waals surface area contributed by atoms with E-state index >= 15 is 0 Å². The number of nitro groups is 1. The zero-order valence-corrected chi connectivity index (χ0v) is 13.4. The molecule has 6 nitrogen and oxygen atoms in total. The fourth-order valence-electron chi connectivity index (χ4n) is 2.03. The number of aryl methyl sites for hydroxylation is 1. The van der Waals surface area contributed by atoms with E-state index in [1.165, 1.54) is 18.2 Å². The van der Waals surface area contributed by atoms with Crippen molar-refractivity contribution in [2.24, 2.45) is 0 Å². The molecular formula is C16H15ClN2O4. The van der Waals surface area contributed by atoms with Gasteiger partial charge in [0.05, 0.1) is 22.2 Å². The molecule has 0 unspecified atom stereocenters. The van der Waals surface area contributed by atoms with Crippen molar-refractivity contribution in [2.45, 2.75) is 13.8 Å². The Balaban J connectivity index is 2.24. The van der Waals surface area contributed by atoms with Crippen LogP contribution >= 0.6 is 11.6 Å². The minimum absolute atomic E-state index is 0.146. The van der Waals surface area contributed by atoms with Gasteiger partial charge in [0.2, 0.25) is 0 Å². The van der Waals surface area contributed by atoms with Gasteiger partial charge in [0, 0.05) is 17.7 Å². The lowest BCUT2D eigenvalue weighted by Crippen LogP contribution is -2.12. The van der Waals surface area contributed by atoms with Crippen LogP contribution in [0.1, 0.15) is 22.8 Å². The van der Waals surface area contributed by atoms with Crippen LogP contribution in [0.5, 0.6) is 5.75 Å². The van der Waals surface area contributed by atoms with Crippen molar-refractivity contribution in [1.82, 2.24) is 0 Å². The molecule has 23 heavy (non-hydrogen) atoms. The lowest BCUT2D eigenvalue weighted by Gasteiger charge is -2.10. The number of hydrogen-bond acceptors (Lipinski definition) is 4. The van der Waals surface area contributed by atoms with E-state index in [9.17, 15) is 14.9 Å². The van der Waals surface area contributed by atoms with E-state index in [-0.39, 0.29) is 16.4 Å². The van der Waals surface area contributed by atoms with E-state index in [1.54, 1.807) is 18.2 Å². The monoisotopic (exact) mass is 334 g/mol. The number of ether oxygens (including phenoxy) is 1. The van der Waals surface area contributed by atoms with Crippen LogP contribution in [0.2, 0.25) is 5.02 Å². The number of carbonyl (C=O) groups is 1. The molecule has 0 radical (unpaired) electrons.